The molecule has 0 saturated heterocycles. The van der Waals surface area contributed by atoms with Crippen LogP contribution >= 0.6 is 15.9 Å². The number of benzene rings is 2. The molecule has 0 amide bonds. The van der Waals surface area contributed by atoms with E-state index in [1.165, 1.54) is 112 Å². The summed E-state index contributed by atoms with van der Waals surface area (Å²) >= 11 is 3.56. The maximum atomic E-state index is 4.76. The van der Waals surface area contributed by atoms with Gasteiger partial charge in [0.25, 0.3) is 0 Å². The Hall–Kier alpha value is -1.93. The number of nitrogens with zero attached hydrogens (tertiary/aromatic N) is 1. The molecule has 0 radical (unpaired) electrons. The van der Waals surface area contributed by atoms with E-state index in [1.807, 2.05) is 6.20 Å². The average Bonchev–Trinajstić information content (AvgIpc) is 3.21. The predicted octanol–water partition coefficient (Wildman–Crippen LogP) is 11.8. The van der Waals surface area contributed by atoms with Crippen LogP contribution < -0.4 is 0 Å². The molecule has 1 heterocycles. The van der Waals surface area contributed by atoms with Gasteiger partial charge in [0.15, 0.2) is 0 Å². The van der Waals surface area contributed by atoms with Crippen molar-refractivity contribution in [3.8, 4) is 22.4 Å². The van der Waals surface area contributed by atoms with E-state index in [-0.39, 0.29) is 5.41 Å². The first kappa shape index (κ1) is 29.1. The molecule has 0 atom stereocenters. The summed E-state index contributed by atoms with van der Waals surface area (Å²) in [5.74, 6) is 0. The highest BCUT2D eigenvalue weighted by Gasteiger charge is 2.42. The van der Waals surface area contributed by atoms with Gasteiger partial charge in [-0.15, -0.1) is 0 Å². The third kappa shape index (κ3) is 6.79. The molecule has 0 bridgehead atoms. The quantitative estimate of drug-likeness (QED) is 0.155. The Morgan fingerprint density at radius 1 is 0.632 bits per heavy atom. The molecule has 204 valence electrons. The van der Waals surface area contributed by atoms with Crippen molar-refractivity contribution in [1.29, 1.82) is 0 Å². The van der Waals surface area contributed by atoms with Gasteiger partial charge < -0.3 is 0 Å². The lowest BCUT2D eigenvalue weighted by molar-refractivity contribution is 0.397. The van der Waals surface area contributed by atoms with Crippen molar-refractivity contribution in [2.24, 2.45) is 0 Å². The number of unbranched alkanes of at least 4 members (excludes halogenated alkanes) is 10. The second-order valence-electron chi connectivity index (χ2n) is 11.5. The van der Waals surface area contributed by atoms with Crippen LogP contribution in [0, 0.1) is 0 Å². The Morgan fingerprint density at radius 2 is 1.21 bits per heavy atom. The van der Waals surface area contributed by atoms with E-state index in [1.54, 1.807) is 11.1 Å². The largest absolute Gasteiger partial charge is 0.255 e. The van der Waals surface area contributed by atoms with Crippen LogP contribution in [0.15, 0.2) is 59.2 Å². The summed E-state index contributed by atoms with van der Waals surface area (Å²) in [6.45, 7) is 6.92. The zero-order valence-electron chi connectivity index (χ0n) is 24.1. The lowest BCUT2D eigenvalue weighted by Gasteiger charge is -2.33. The Bertz CT molecular complexity index is 1130. The van der Waals surface area contributed by atoms with Crippen LogP contribution in [-0.2, 0) is 11.8 Å². The van der Waals surface area contributed by atoms with Gasteiger partial charge in [-0.3, -0.25) is 4.98 Å². The highest BCUT2D eigenvalue weighted by atomic mass is 79.9. The minimum Gasteiger partial charge on any atom is -0.255 e. The third-order valence-electron chi connectivity index (χ3n) is 8.77. The Labute approximate surface area is 241 Å². The fraction of sp³-hybridized carbons (Fsp3) is 0.528. The molecule has 1 aromatic heterocycles. The lowest BCUT2D eigenvalue weighted by atomic mass is 9.70. The molecule has 1 aliphatic carbocycles. The van der Waals surface area contributed by atoms with Crippen LogP contribution in [0.4, 0.5) is 0 Å². The molecular weight excluding hydrogens is 526 g/mol. The number of rotatable bonds is 16. The average molecular weight is 575 g/mol. The van der Waals surface area contributed by atoms with Gasteiger partial charge >= 0.3 is 0 Å². The first-order chi connectivity index (χ1) is 18.6. The highest BCUT2D eigenvalue weighted by Crippen LogP contribution is 2.55. The maximum Gasteiger partial charge on any atom is 0.0702 e. The van der Waals surface area contributed by atoms with Gasteiger partial charge in [-0.1, -0.05) is 128 Å². The van der Waals surface area contributed by atoms with Crippen LogP contribution in [0.1, 0.15) is 127 Å². The second-order valence-corrected chi connectivity index (χ2v) is 12.4. The molecule has 0 aliphatic heterocycles. The number of pyridine rings is 1. The molecule has 2 aromatic carbocycles. The number of hydrogen-bond donors (Lipinski definition) is 0. The van der Waals surface area contributed by atoms with Crippen LogP contribution in [0.2, 0.25) is 0 Å². The summed E-state index contributed by atoms with van der Waals surface area (Å²) in [7, 11) is 0. The topological polar surface area (TPSA) is 12.9 Å². The number of fused-ring (bicyclic) bond motifs is 3. The standard InChI is InChI=1S/C36H48BrN/c1-4-7-9-11-13-15-23-36(24-16-14-12-10-8-5-2)33-25-28(6-3)17-20-31(33)32-21-18-29(26-34(32)36)35-22-19-30(37)27-38-35/h17-22,25-27H,4-16,23-24H2,1-3H3. The van der Waals surface area contributed by atoms with E-state index in [2.05, 4.69) is 85.2 Å². The summed E-state index contributed by atoms with van der Waals surface area (Å²) in [6.07, 6.45) is 21.8. The minimum atomic E-state index is 0.122. The lowest BCUT2D eigenvalue weighted by Crippen LogP contribution is -2.26. The van der Waals surface area contributed by atoms with E-state index in [0.29, 0.717) is 0 Å². The zero-order chi connectivity index (χ0) is 26.8. The first-order valence-corrected chi connectivity index (χ1v) is 16.3. The first-order valence-electron chi connectivity index (χ1n) is 15.5. The minimum absolute atomic E-state index is 0.122. The van der Waals surface area contributed by atoms with Crippen molar-refractivity contribution in [3.63, 3.8) is 0 Å². The van der Waals surface area contributed by atoms with Crippen LogP contribution in [0.5, 0.6) is 0 Å². The van der Waals surface area contributed by atoms with Crippen LogP contribution in [0.3, 0.4) is 0 Å². The second kappa shape index (κ2) is 14.5. The predicted molar refractivity (Wildman–Crippen MR) is 169 cm³/mol. The van der Waals surface area contributed by atoms with E-state index < -0.39 is 0 Å². The molecule has 0 unspecified atom stereocenters. The van der Waals surface area contributed by atoms with Crippen LogP contribution in [-0.4, -0.2) is 4.98 Å². The Kier molecular flexibility index (Phi) is 11.1. The van der Waals surface area contributed by atoms with E-state index in [0.717, 1.165) is 16.6 Å². The molecule has 1 nitrogen and oxygen atoms in total. The molecule has 0 saturated carbocycles. The van der Waals surface area contributed by atoms with Gasteiger partial charge in [-0.2, -0.15) is 0 Å². The molecule has 2 heteroatoms. The van der Waals surface area contributed by atoms with Crippen molar-refractivity contribution in [2.45, 2.75) is 122 Å². The smallest absolute Gasteiger partial charge is 0.0702 e. The van der Waals surface area contributed by atoms with Gasteiger partial charge in [0.05, 0.1) is 5.69 Å². The van der Waals surface area contributed by atoms with Crippen molar-refractivity contribution >= 4 is 15.9 Å². The van der Waals surface area contributed by atoms with Gasteiger partial charge in [0.2, 0.25) is 0 Å². The van der Waals surface area contributed by atoms with Crippen molar-refractivity contribution in [3.05, 3.63) is 75.9 Å². The van der Waals surface area contributed by atoms with E-state index in [4.69, 9.17) is 4.98 Å². The highest BCUT2D eigenvalue weighted by molar-refractivity contribution is 9.10. The van der Waals surface area contributed by atoms with Gasteiger partial charge in [-0.05, 0) is 81.2 Å². The monoisotopic (exact) mass is 573 g/mol. The molecule has 0 fully saturated rings. The van der Waals surface area contributed by atoms with Crippen LogP contribution in [0.25, 0.3) is 22.4 Å². The van der Waals surface area contributed by atoms with Gasteiger partial charge in [0, 0.05) is 21.6 Å². The normalized spacial score (nSPS) is 13.5. The zero-order valence-corrected chi connectivity index (χ0v) is 25.7. The molecule has 1 aliphatic rings. The number of halogens is 1. The molecule has 4 rings (SSSR count). The van der Waals surface area contributed by atoms with E-state index >= 15 is 0 Å². The molecule has 3 aromatic rings. The summed E-state index contributed by atoms with van der Waals surface area (Å²) in [4.78, 5) is 4.76. The fourth-order valence-electron chi connectivity index (χ4n) is 6.55. The van der Waals surface area contributed by atoms with E-state index in [9.17, 15) is 0 Å². The summed E-state index contributed by atoms with van der Waals surface area (Å²) in [6, 6.07) is 18.8. The maximum absolute atomic E-state index is 4.76. The Balaban J connectivity index is 1.71. The molecule has 38 heavy (non-hydrogen) atoms. The number of aromatic nitrogens is 1. The fourth-order valence-corrected chi connectivity index (χ4v) is 6.78. The summed E-state index contributed by atoms with van der Waals surface area (Å²) in [5, 5.41) is 0. The Morgan fingerprint density at radius 3 is 1.79 bits per heavy atom. The number of hydrogen-bond acceptors (Lipinski definition) is 1. The summed E-state index contributed by atoms with van der Waals surface area (Å²) < 4.78 is 1.03. The molecular formula is C36H48BrN. The van der Waals surface area contributed by atoms with Gasteiger partial charge in [0.1, 0.15) is 0 Å². The van der Waals surface area contributed by atoms with Crippen molar-refractivity contribution in [1.82, 2.24) is 4.98 Å². The molecule has 0 spiro atoms. The van der Waals surface area contributed by atoms with Crippen molar-refractivity contribution < 1.29 is 0 Å². The summed E-state index contributed by atoms with van der Waals surface area (Å²) in [5.41, 5.74) is 10.0. The van der Waals surface area contributed by atoms with Crippen molar-refractivity contribution in [2.75, 3.05) is 0 Å². The molecule has 0 N–H and O–H groups in total. The SMILES string of the molecule is CCCCCCCCC1(CCCCCCCC)c2cc(CC)ccc2-c2ccc(-c3ccc(Br)cn3)cc21. The third-order valence-corrected chi connectivity index (χ3v) is 9.24. The van der Waals surface area contributed by atoms with Gasteiger partial charge in [-0.25, -0.2) is 0 Å². The number of aryl methyl sites for hydroxylation is 1.